The normalized spacial score (nSPS) is 17.0. The molecule has 0 N–H and O–H groups in total. The van der Waals surface area contributed by atoms with Crippen molar-refractivity contribution in [3.63, 3.8) is 0 Å². The van der Waals surface area contributed by atoms with Crippen LogP contribution in [-0.2, 0) is 0 Å². The largest absolute Gasteiger partial charge is 0.334 e. The topological polar surface area (TPSA) is 6.48 Å². The fourth-order valence-corrected chi connectivity index (χ4v) is 9.95. The van der Waals surface area contributed by atoms with Crippen molar-refractivity contribution in [2.75, 3.05) is 9.80 Å². The van der Waals surface area contributed by atoms with Gasteiger partial charge in [-0.1, -0.05) is 213 Å². The zero-order valence-electron chi connectivity index (χ0n) is 38.5. The van der Waals surface area contributed by atoms with Crippen LogP contribution in [0, 0.1) is 5.92 Å². The van der Waals surface area contributed by atoms with Crippen molar-refractivity contribution in [3.05, 3.63) is 271 Å². The Balaban J connectivity index is 0.965. The molecule has 0 aromatic heterocycles. The van der Waals surface area contributed by atoms with Crippen LogP contribution in [0.4, 0.5) is 17.1 Å². The number of fused-ring (bicyclic) bond motifs is 1. The third-order valence-corrected chi connectivity index (χ3v) is 13.3. The minimum Gasteiger partial charge on any atom is -0.334 e. The first-order valence-electron chi connectivity index (χ1n) is 24.2. The lowest BCUT2D eigenvalue weighted by atomic mass is 9.86. The average molecular weight is 867 g/mol. The highest BCUT2D eigenvalue weighted by atomic mass is 15.2. The van der Waals surface area contributed by atoms with E-state index in [0.717, 1.165) is 44.2 Å². The molecule has 0 aliphatic heterocycles. The van der Waals surface area contributed by atoms with Crippen molar-refractivity contribution in [1.29, 1.82) is 0 Å². The Morgan fingerprint density at radius 3 is 1.87 bits per heavy atom. The lowest BCUT2D eigenvalue weighted by Crippen LogP contribution is -2.34. The maximum atomic E-state index is 2.59. The molecule has 0 heterocycles. The van der Waals surface area contributed by atoms with Gasteiger partial charge in [-0.25, -0.2) is 0 Å². The van der Waals surface area contributed by atoms with E-state index < -0.39 is 0 Å². The van der Waals surface area contributed by atoms with Crippen LogP contribution in [0.1, 0.15) is 45.4 Å². The standard InChI is InChI=1S/C65H58N2/c1-2-21-57(33-20-24-49-22-8-3-9-23-49)66(61-47-55(50-25-10-4-11-26-50)46-56(48-61)51-27-12-5-13-28-51)59-40-36-52(37-41-59)53-38-42-60(43-39-53)67(58-31-16-7-17-32-58)65-45-44-62(54-29-14-6-15-30-54)63-34-18-19-35-64(63)65/h3-8,10-22,25-38,40,42-48,53,59H,2,9,23-24,39,41H2,1H3/b33-20-,57-21+. The Kier molecular flexibility index (Phi) is 13.3. The second-order valence-corrected chi connectivity index (χ2v) is 17.7. The fraction of sp³-hybridized carbons (Fsp3) is 0.138. The molecule has 3 aliphatic rings. The third-order valence-electron chi connectivity index (χ3n) is 13.3. The first-order chi connectivity index (χ1) is 33.2. The van der Waals surface area contributed by atoms with Crippen molar-refractivity contribution in [1.82, 2.24) is 0 Å². The third kappa shape index (κ3) is 9.81. The van der Waals surface area contributed by atoms with Gasteiger partial charge in [0.25, 0.3) is 0 Å². The summed E-state index contributed by atoms with van der Waals surface area (Å²) in [5.41, 5.74) is 16.2. The summed E-state index contributed by atoms with van der Waals surface area (Å²) in [6.45, 7) is 2.25. The van der Waals surface area contributed by atoms with Crippen LogP contribution in [0.2, 0.25) is 0 Å². The maximum absolute atomic E-state index is 2.59. The smallest absolute Gasteiger partial charge is 0.0559 e. The summed E-state index contributed by atoms with van der Waals surface area (Å²) in [4.78, 5) is 5.03. The molecule has 0 spiro atoms. The number of hydrogen-bond donors (Lipinski definition) is 0. The van der Waals surface area contributed by atoms with Crippen LogP contribution < -0.4 is 9.80 Å². The molecule has 67 heavy (non-hydrogen) atoms. The summed E-state index contributed by atoms with van der Waals surface area (Å²) in [5.74, 6) is 0.290. The Labute approximate surface area is 398 Å². The fourth-order valence-electron chi connectivity index (χ4n) is 9.95. The second kappa shape index (κ2) is 20.7. The van der Waals surface area contributed by atoms with Gasteiger partial charge in [0.1, 0.15) is 0 Å². The monoisotopic (exact) mass is 866 g/mol. The van der Waals surface area contributed by atoms with E-state index in [9.17, 15) is 0 Å². The van der Waals surface area contributed by atoms with Crippen molar-refractivity contribution < 1.29 is 0 Å². The second-order valence-electron chi connectivity index (χ2n) is 17.7. The summed E-state index contributed by atoms with van der Waals surface area (Å²) < 4.78 is 0. The number of anilines is 3. The first-order valence-corrected chi connectivity index (χ1v) is 24.2. The van der Waals surface area contributed by atoms with Gasteiger partial charge in [-0.15, -0.1) is 0 Å². The van der Waals surface area contributed by atoms with Gasteiger partial charge in [0, 0.05) is 34.1 Å². The molecule has 0 radical (unpaired) electrons. The predicted molar refractivity (Wildman–Crippen MR) is 287 cm³/mol. The molecule has 0 amide bonds. The lowest BCUT2D eigenvalue weighted by Gasteiger charge is -2.35. The van der Waals surface area contributed by atoms with Crippen molar-refractivity contribution in [3.8, 4) is 33.4 Å². The molecule has 328 valence electrons. The Morgan fingerprint density at radius 2 is 1.25 bits per heavy atom. The summed E-state index contributed by atoms with van der Waals surface area (Å²) in [6, 6.07) is 63.9. The Bertz CT molecular complexity index is 3010. The van der Waals surface area contributed by atoms with Crippen LogP contribution in [0.5, 0.6) is 0 Å². The van der Waals surface area contributed by atoms with E-state index in [1.807, 2.05) is 0 Å². The van der Waals surface area contributed by atoms with Crippen LogP contribution in [0.25, 0.3) is 44.2 Å². The molecule has 2 heteroatoms. The number of benzene rings is 7. The highest BCUT2D eigenvalue weighted by Crippen LogP contribution is 2.42. The average Bonchev–Trinajstić information content (AvgIpc) is 3.40. The van der Waals surface area contributed by atoms with E-state index in [2.05, 4.69) is 266 Å². The van der Waals surface area contributed by atoms with E-state index in [1.54, 1.807) is 0 Å². The molecule has 2 nitrogen and oxygen atoms in total. The quantitative estimate of drug-likeness (QED) is 0.101. The number of allylic oxidation sites excluding steroid dienone is 12. The summed E-state index contributed by atoms with van der Waals surface area (Å²) in [7, 11) is 0. The minimum absolute atomic E-state index is 0.136. The van der Waals surface area contributed by atoms with Gasteiger partial charge >= 0.3 is 0 Å². The summed E-state index contributed by atoms with van der Waals surface area (Å²) in [6.07, 6.45) is 34.5. The van der Waals surface area contributed by atoms with E-state index in [0.29, 0.717) is 5.92 Å². The summed E-state index contributed by atoms with van der Waals surface area (Å²) in [5, 5.41) is 2.48. The van der Waals surface area contributed by atoms with Crippen LogP contribution in [-0.4, -0.2) is 6.04 Å². The zero-order chi connectivity index (χ0) is 45.2. The molecule has 7 aromatic carbocycles. The van der Waals surface area contributed by atoms with E-state index in [4.69, 9.17) is 0 Å². The molecular weight excluding hydrogens is 809 g/mol. The maximum Gasteiger partial charge on any atom is 0.0559 e. The predicted octanol–water partition coefficient (Wildman–Crippen LogP) is 17.7. The van der Waals surface area contributed by atoms with Crippen molar-refractivity contribution in [2.24, 2.45) is 5.92 Å². The van der Waals surface area contributed by atoms with E-state index >= 15 is 0 Å². The van der Waals surface area contributed by atoms with Gasteiger partial charge < -0.3 is 9.80 Å². The molecule has 2 unspecified atom stereocenters. The molecule has 0 bridgehead atoms. The molecule has 0 fully saturated rings. The molecule has 7 aromatic rings. The van der Waals surface area contributed by atoms with Crippen molar-refractivity contribution in [2.45, 2.75) is 51.5 Å². The van der Waals surface area contributed by atoms with Gasteiger partial charge in [0.2, 0.25) is 0 Å². The van der Waals surface area contributed by atoms with Crippen molar-refractivity contribution >= 4 is 27.8 Å². The van der Waals surface area contributed by atoms with Gasteiger partial charge in [-0.05, 0) is 131 Å². The van der Waals surface area contributed by atoms with E-state index in [1.165, 1.54) is 78.1 Å². The lowest BCUT2D eigenvalue weighted by molar-refractivity contribution is 0.716. The molecule has 0 saturated heterocycles. The van der Waals surface area contributed by atoms with Gasteiger partial charge in [0.05, 0.1) is 11.7 Å². The van der Waals surface area contributed by atoms with Crippen LogP contribution >= 0.6 is 0 Å². The van der Waals surface area contributed by atoms with Crippen LogP contribution in [0.15, 0.2) is 271 Å². The summed E-state index contributed by atoms with van der Waals surface area (Å²) >= 11 is 0. The highest BCUT2D eigenvalue weighted by molar-refractivity contribution is 6.05. The Morgan fingerprint density at radius 1 is 0.597 bits per heavy atom. The molecule has 3 aliphatic carbocycles. The SMILES string of the molecule is CC/C=C(\C=C/CC1=CC=CCC1)N(c1cc(-c2ccccc2)cc(-c2ccccc2)c1)C1C=CC(C2C=CC(N(c3ccccc3)c3ccc(-c4ccccc4)c4ccccc34)=CC2)=CC1. The highest BCUT2D eigenvalue weighted by Gasteiger charge is 2.26. The number of nitrogens with zero attached hydrogens (tertiary/aromatic N) is 2. The van der Waals surface area contributed by atoms with E-state index in [-0.39, 0.29) is 6.04 Å². The van der Waals surface area contributed by atoms with Crippen LogP contribution in [0.3, 0.4) is 0 Å². The molecule has 0 saturated carbocycles. The number of rotatable bonds is 14. The minimum atomic E-state index is 0.136. The number of hydrogen-bond acceptors (Lipinski definition) is 2. The number of para-hydroxylation sites is 1. The molecule has 2 atom stereocenters. The molecule has 10 rings (SSSR count). The van der Waals surface area contributed by atoms with Gasteiger partial charge in [-0.3, -0.25) is 0 Å². The van der Waals surface area contributed by atoms with Gasteiger partial charge in [0.15, 0.2) is 0 Å². The van der Waals surface area contributed by atoms with Gasteiger partial charge in [-0.2, -0.15) is 0 Å². The Hall–Kier alpha value is -7.68. The first kappa shape index (κ1) is 43.2. The zero-order valence-corrected chi connectivity index (χ0v) is 38.5. The molecular formula is C65H58N2.